The summed E-state index contributed by atoms with van der Waals surface area (Å²) in [5.74, 6) is 0.470. The van der Waals surface area contributed by atoms with Crippen LogP contribution in [0.15, 0.2) is 54.6 Å². The van der Waals surface area contributed by atoms with Gasteiger partial charge in [0.15, 0.2) is 0 Å². The summed E-state index contributed by atoms with van der Waals surface area (Å²) >= 11 is 0. The van der Waals surface area contributed by atoms with Crippen molar-refractivity contribution in [3.05, 3.63) is 70.3 Å². The van der Waals surface area contributed by atoms with Gasteiger partial charge in [0.1, 0.15) is 0 Å². The predicted octanol–water partition coefficient (Wildman–Crippen LogP) is 2.37. The van der Waals surface area contributed by atoms with Crippen LogP contribution in [-0.4, -0.2) is 25.1 Å². The van der Waals surface area contributed by atoms with Gasteiger partial charge >= 0.3 is 0 Å². The Balaban J connectivity index is 1.76. The third-order valence-electron chi connectivity index (χ3n) is 3.04. The first kappa shape index (κ1) is 13.7. The summed E-state index contributed by atoms with van der Waals surface area (Å²) in [4.78, 5) is 10.2. The molecular formula is C14H12N6O2. The van der Waals surface area contributed by atoms with Crippen LogP contribution in [0.1, 0.15) is 5.56 Å². The van der Waals surface area contributed by atoms with Gasteiger partial charge in [-0.25, -0.2) is 4.68 Å². The number of non-ortho nitro benzene ring substituents is 1. The number of aromatic nitrogens is 4. The van der Waals surface area contributed by atoms with Gasteiger partial charge in [-0.1, -0.05) is 35.4 Å². The Bertz CT molecular complexity index is 770. The van der Waals surface area contributed by atoms with Gasteiger partial charge in [-0.05, 0) is 28.1 Å². The van der Waals surface area contributed by atoms with E-state index < -0.39 is 4.92 Å². The first-order chi connectivity index (χ1) is 10.7. The van der Waals surface area contributed by atoms with Crippen molar-refractivity contribution in [1.29, 1.82) is 0 Å². The van der Waals surface area contributed by atoms with Crippen molar-refractivity contribution < 1.29 is 4.92 Å². The molecule has 0 aliphatic carbocycles. The van der Waals surface area contributed by atoms with Crippen LogP contribution in [0.2, 0.25) is 0 Å². The molecule has 0 spiro atoms. The average molecular weight is 296 g/mol. The van der Waals surface area contributed by atoms with Crippen LogP contribution in [0.5, 0.6) is 0 Å². The maximum Gasteiger partial charge on any atom is 0.269 e. The average Bonchev–Trinajstić information content (AvgIpc) is 2.96. The Morgan fingerprint density at radius 3 is 2.50 bits per heavy atom. The van der Waals surface area contributed by atoms with Crippen molar-refractivity contribution >= 4 is 17.3 Å². The van der Waals surface area contributed by atoms with Crippen molar-refractivity contribution in [1.82, 2.24) is 20.2 Å². The van der Waals surface area contributed by atoms with E-state index in [9.17, 15) is 10.1 Å². The molecule has 0 saturated heterocycles. The molecule has 0 unspecified atom stereocenters. The van der Waals surface area contributed by atoms with Gasteiger partial charge in [0.25, 0.3) is 5.69 Å². The number of anilines is 2. The zero-order chi connectivity index (χ0) is 15.4. The van der Waals surface area contributed by atoms with E-state index in [4.69, 9.17) is 0 Å². The van der Waals surface area contributed by atoms with Crippen molar-refractivity contribution in [2.45, 2.75) is 6.54 Å². The first-order valence-corrected chi connectivity index (χ1v) is 6.54. The molecule has 0 bridgehead atoms. The molecule has 8 nitrogen and oxygen atoms in total. The maximum absolute atomic E-state index is 10.6. The van der Waals surface area contributed by atoms with Gasteiger partial charge < -0.3 is 5.32 Å². The molecule has 2 aromatic carbocycles. The monoisotopic (exact) mass is 296 g/mol. The van der Waals surface area contributed by atoms with Crippen LogP contribution in [0, 0.1) is 10.1 Å². The largest absolute Gasteiger partial charge is 0.323 e. The van der Waals surface area contributed by atoms with Crippen LogP contribution in [0.25, 0.3) is 0 Å². The summed E-state index contributed by atoms with van der Waals surface area (Å²) in [5.41, 5.74) is 1.78. The molecule has 3 rings (SSSR count). The highest BCUT2D eigenvalue weighted by Gasteiger charge is 2.08. The summed E-state index contributed by atoms with van der Waals surface area (Å²) in [5, 5.41) is 25.2. The maximum atomic E-state index is 10.6. The summed E-state index contributed by atoms with van der Waals surface area (Å²) in [6.45, 7) is 0.531. The summed E-state index contributed by atoms with van der Waals surface area (Å²) in [7, 11) is 0. The van der Waals surface area contributed by atoms with Crippen molar-refractivity contribution in [3.63, 3.8) is 0 Å². The molecule has 110 valence electrons. The number of hydrogen-bond donors (Lipinski definition) is 1. The minimum absolute atomic E-state index is 0.0365. The van der Waals surface area contributed by atoms with E-state index in [0.29, 0.717) is 18.2 Å². The number of nitro groups is 1. The molecule has 1 N–H and O–H groups in total. The number of nitrogens with zero attached hydrogens (tertiary/aromatic N) is 5. The number of nitro benzene ring substituents is 1. The lowest BCUT2D eigenvalue weighted by Gasteiger charge is -2.07. The highest BCUT2D eigenvalue weighted by atomic mass is 16.6. The molecule has 0 amide bonds. The van der Waals surface area contributed by atoms with Gasteiger partial charge in [-0.3, -0.25) is 10.1 Å². The molecule has 22 heavy (non-hydrogen) atoms. The Hall–Kier alpha value is -3.29. The van der Waals surface area contributed by atoms with E-state index in [-0.39, 0.29) is 5.69 Å². The molecule has 0 saturated carbocycles. The van der Waals surface area contributed by atoms with Crippen LogP contribution >= 0.6 is 0 Å². The minimum Gasteiger partial charge on any atom is -0.323 e. The number of tetrazole rings is 1. The first-order valence-electron chi connectivity index (χ1n) is 6.54. The van der Waals surface area contributed by atoms with Crippen molar-refractivity contribution in [3.8, 4) is 0 Å². The fourth-order valence-electron chi connectivity index (χ4n) is 1.95. The third kappa shape index (κ3) is 3.06. The van der Waals surface area contributed by atoms with E-state index in [2.05, 4.69) is 20.8 Å². The van der Waals surface area contributed by atoms with Gasteiger partial charge in [-0.2, -0.15) is 0 Å². The second-order valence-electron chi connectivity index (χ2n) is 4.57. The smallest absolute Gasteiger partial charge is 0.269 e. The van der Waals surface area contributed by atoms with Gasteiger partial charge in [0.05, 0.1) is 11.5 Å². The number of hydrogen-bond acceptors (Lipinski definition) is 6. The minimum atomic E-state index is -0.441. The van der Waals surface area contributed by atoms with Crippen LogP contribution in [-0.2, 0) is 6.54 Å². The number of rotatable bonds is 5. The van der Waals surface area contributed by atoms with Gasteiger partial charge in [-0.15, -0.1) is 0 Å². The molecule has 0 atom stereocenters. The highest BCUT2D eigenvalue weighted by molar-refractivity contribution is 5.55. The molecule has 0 aliphatic heterocycles. The Labute approximate surface area is 125 Å². The fourth-order valence-corrected chi connectivity index (χ4v) is 1.95. The fraction of sp³-hybridized carbons (Fsp3) is 0.0714. The lowest BCUT2D eigenvalue weighted by Crippen LogP contribution is -2.06. The number of nitrogens with one attached hydrogen (secondary N) is 1. The lowest BCUT2D eigenvalue weighted by atomic mass is 10.2. The molecule has 0 fully saturated rings. The molecular weight excluding hydrogens is 284 g/mol. The summed E-state index contributed by atoms with van der Waals surface area (Å²) in [6, 6.07) is 15.9. The SMILES string of the molecule is O=[N+]([O-])c1ccc(Nc2nnnn2Cc2ccccc2)cc1. The van der Waals surface area contributed by atoms with Gasteiger partial charge in [0, 0.05) is 17.8 Å². The Morgan fingerprint density at radius 2 is 1.82 bits per heavy atom. The van der Waals surface area contributed by atoms with Crippen molar-refractivity contribution in [2.75, 3.05) is 5.32 Å². The quantitative estimate of drug-likeness (QED) is 0.573. The molecule has 1 heterocycles. The van der Waals surface area contributed by atoms with E-state index in [0.717, 1.165) is 5.56 Å². The van der Waals surface area contributed by atoms with E-state index >= 15 is 0 Å². The number of benzene rings is 2. The zero-order valence-corrected chi connectivity index (χ0v) is 11.5. The highest BCUT2D eigenvalue weighted by Crippen LogP contribution is 2.18. The lowest BCUT2D eigenvalue weighted by molar-refractivity contribution is -0.384. The summed E-state index contributed by atoms with van der Waals surface area (Å²) < 4.78 is 1.62. The second kappa shape index (κ2) is 6.00. The second-order valence-corrected chi connectivity index (χ2v) is 4.57. The normalized spacial score (nSPS) is 10.4. The molecule has 3 aromatic rings. The molecule has 8 heteroatoms. The molecule has 1 aromatic heterocycles. The Kier molecular flexibility index (Phi) is 3.73. The van der Waals surface area contributed by atoms with Crippen molar-refractivity contribution in [2.24, 2.45) is 0 Å². The van der Waals surface area contributed by atoms with Crippen LogP contribution in [0.4, 0.5) is 17.3 Å². The van der Waals surface area contributed by atoms with E-state index in [1.54, 1.807) is 16.8 Å². The zero-order valence-electron chi connectivity index (χ0n) is 11.5. The van der Waals surface area contributed by atoms with E-state index in [1.807, 2.05) is 30.3 Å². The molecule has 0 radical (unpaired) electrons. The molecule has 0 aliphatic rings. The van der Waals surface area contributed by atoms with E-state index in [1.165, 1.54) is 12.1 Å². The third-order valence-corrected chi connectivity index (χ3v) is 3.04. The Morgan fingerprint density at radius 1 is 1.09 bits per heavy atom. The van der Waals surface area contributed by atoms with Crippen LogP contribution in [0.3, 0.4) is 0 Å². The standard InChI is InChI=1S/C14H12N6O2/c21-20(22)13-8-6-12(7-9-13)15-14-16-17-18-19(14)10-11-4-2-1-3-5-11/h1-9H,10H2,(H,15,16,18). The van der Waals surface area contributed by atoms with Crippen LogP contribution < -0.4 is 5.32 Å². The summed E-state index contributed by atoms with van der Waals surface area (Å²) in [6.07, 6.45) is 0. The predicted molar refractivity (Wildman–Crippen MR) is 79.7 cm³/mol. The topological polar surface area (TPSA) is 98.8 Å². The van der Waals surface area contributed by atoms with Gasteiger partial charge in [0.2, 0.25) is 5.95 Å².